The molecular weight excluding hydrogens is 374 g/mol. The van der Waals surface area contributed by atoms with Crippen molar-refractivity contribution >= 4 is 21.6 Å². The number of amides is 1. The molecule has 28 heavy (non-hydrogen) atoms. The summed E-state index contributed by atoms with van der Waals surface area (Å²) in [6.07, 6.45) is 8.48. The van der Waals surface area contributed by atoms with Crippen molar-refractivity contribution in [1.29, 1.82) is 0 Å². The zero-order valence-electron chi connectivity index (χ0n) is 16.8. The van der Waals surface area contributed by atoms with E-state index in [-0.39, 0.29) is 18.5 Å². The van der Waals surface area contributed by atoms with Gasteiger partial charge in [-0.3, -0.25) is 4.79 Å². The van der Waals surface area contributed by atoms with Crippen molar-refractivity contribution in [2.45, 2.75) is 69.2 Å². The predicted octanol–water partition coefficient (Wildman–Crippen LogP) is 3.36. The monoisotopic (exact) mass is 407 g/mol. The number of nitrogens with zero attached hydrogens (tertiary/aromatic N) is 1. The quantitative estimate of drug-likeness (QED) is 0.758. The van der Waals surface area contributed by atoms with E-state index in [2.05, 4.69) is 17.6 Å². The fraction of sp³-hybridized carbons (Fsp3) is 0.667. The first-order chi connectivity index (χ1) is 13.4. The van der Waals surface area contributed by atoms with Crippen molar-refractivity contribution in [2.75, 3.05) is 25.0 Å². The minimum absolute atomic E-state index is 0.0131. The van der Waals surface area contributed by atoms with Crippen LogP contribution in [0.3, 0.4) is 0 Å². The van der Waals surface area contributed by atoms with Crippen molar-refractivity contribution < 1.29 is 13.2 Å². The summed E-state index contributed by atoms with van der Waals surface area (Å²) in [5.74, 6) is 0.746. The van der Waals surface area contributed by atoms with Gasteiger partial charge in [0, 0.05) is 24.8 Å². The molecule has 1 heterocycles. The number of hydrogen-bond acceptors (Lipinski definition) is 4. The van der Waals surface area contributed by atoms with Gasteiger partial charge in [0.05, 0.1) is 11.4 Å². The SMILES string of the molecule is CC1CCC(NC(=O)CNc2ccc(S(=O)(=O)N3CCCCCC3)cc2)CC1. The van der Waals surface area contributed by atoms with E-state index in [0.717, 1.165) is 50.1 Å². The standard InChI is InChI=1S/C21H33N3O3S/c1-17-6-8-19(9-7-17)23-21(25)16-22-18-10-12-20(13-11-18)28(26,27)24-14-4-2-3-5-15-24/h10-13,17,19,22H,2-9,14-16H2,1H3,(H,23,25). The minimum atomic E-state index is -3.43. The maximum Gasteiger partial charge on any atom is 0.243 e. The number of anilines is 1. The molecule has 1 aliphatic carbocycles. The molecule has 1 aromatic rings. The predicted molar refractivity (Wildman–Crippen MR) is 112 cm³/mol. The van der Waals surface area contributed by atoms with Crippen molar-refractivity contribution in [2.24, 2.45) is 5.92 Å². The van der Waals surface area contributed by atoms with Gasteiger partial charge in [0.2, 0.25) is 15.9 Å². The van der Waals surface area contributed by atoms with Crippen LogP contribution in [0.4, 0.5) is 5.69 Å². The summed E-state index contributed by atoms with van der Waals surface area (Å²) < 4.78 is 27.2. The summed E-state index contributed by atoms with van der Waals surface area (Å²) in [6.45, 7) is 3.66. The minimum Gasteiger partial charge on any atom is -0.376 e. The second-order valence-corrected chi connectivity index (χ2v) is 10.2. The lowest BCUT2D eigenvalue weighted by molar-refractivity contribution is -0.120. The normalized spacial score (nSPS) is 24.3. The average Bonchev–Trinajstić information content (AvgIpc) is 2.99. The highest BCUT2D eigenvalue weighted by atomic mass is 32.2. The van der Waals surface area contributed by atoms with Gasteiger partial charge >= 0.3 is 0 Å². The molecule has 0 spiro atoms. The maximum absolute atomic E-state index is 12.8. The molecule has 0 atom stereocenters. The van der Waals surface area contributed by atoms with Gasteiger partial charge in [-0.05, 0) is 68.7 Å². The van der Waals surface area contributed by atoms with E-state index in [1.54, 1.807) is 28.6 Å². The molecule has 1 aromatic carbocycles. The Morgan fingerprint density at radius 1 is 1.00 bits per heavy atom. The summed E-state index contributed by atoms with van der Waals surface area (Å²) in [6, 6.07) is 7.01. The highest BCUT2D eigenvalue weighted by Crippen LogP contribution is 2.24. The molecule has 3 rings (SSSR count). The number of carbonyl (C=O) groups is 1. The van der Waals surface area contributed by atoms with Gasteiger partial charge in [0.25, 0.3) is 0 Å². The number of carbonyl (C=O) groups excluding carboxylic acids is 1. The molecule has 1 saturated heterocycles. The number of nitrogens with one attached hydrogen (secondary N) is 2. The van der Waals surface area contributed by atoms with E-state index in [0.29, 0.717) is 18.0 Å². The molecule has 1 aliphatic heterocycles. The molecule has 0 bridgehead atoms. The Hall–Kier alpha value is -1.60. The van der Waals surface area contributed by atoms with Crippen molar-refractivity contribution in [1.82, 2.24) is 9.62 Å². The third-order valence-corrected chi connectivity index (χ3v) is 7.80. The Balaban J connectivity index is 1.50. The molecular formula is C21H33N3O3S. The zero-order chi connectivity index (χ0) is 20.0. The lowest BCUT2D eigenvalue weighted by Gasteiger charge is -2.27. The number of benzene rings is 1. The smallest absolute Gasteiger partial charge is 0.243 e. The molecule has 7 heteroatoms. The first kappa shape index (κ1) is 21.1. The van der Waals surface area contributed by atoms with Crippen LogP contribution < -0.4 is 10.6 Å². The van der Waals surface area contributed by atoms with E-state index in [9.17, 15) is 13.2 Å². The van der Waals surface area contributed by atoms with Gasteiger partial charge in [-0.2, -0.15) is 4.31 Å². The molecule has 1 saturated carbocycles. The topological polar surface area (TPSA) is 78.5 Å². The second-order valence-electron chi connectivity index (χ2n) is 8.22. The van der Waals surface area contributed by atoms with E-state index in [1.807, 2.05) is 0 Å². The van der Waals surface area contributed by atoms with Crippen LogP contribution in [0.5, 0.6) is 0 Å². The zero-order valence-corrected chi connectivity index (χ0v) is 17.6. The number of sulfonamides is 1. The molecule has 2 aliphatic rings. The van der Waals surface area contributed by atoms with E-state index in [4.69, 9.17) is 0 Å². The van der Waals surface area contributed by atoms with Crippen LogP contribution in [0.25, 0.3) is 0 Å². The van der Waals surface area contributed by atoms with Crippen LogP contribution in [0.1, 0.15) is 58.3 Å². The summed E-state index contributed by atoms with van der Waals surface area (Å²) in [5, 5.41) is 6.18. The summed E-state index contributed by atoms with van der Waals surface area (Å²) in [4.78, 5) is 12.5. The molecule has 1 amide bonds. The summed E-state index contributed by atoms with van der Waals surface area (Å²) in [7, 11) is -3.43. The van der Waals surface area contributed by atoms with Crippen LogP contribution in [-0.2, 0) is 14.8 Å². The molecule has 156 valence electrons. The van der Waals surface area contributed by atoms with Gasteiger partial charge in [-0.1, -0.05) is 19.8 Å². The third kappa shape index (κ3) is 5.70. The molecule has 6 nitrogen and oxygen atoms in total. The first-order valence-corrected chi connectivity index (χ1v) is 12.0. The van der Waals surface area contributed by atoms with Gasteiger partial charge in [-0.15, -0.1) is 0 Å². The summed E-state index contributed by atoms with van der Waals surface area (Å²) >= 11 is 0. The van der Waals surface area contributed by atoms with E-state index in [1.165, 1.54) is 12.8 Å². The molecule has 2 fully saturated rings. The van der Waals surface area contributed by atoms with E-state index < -0.39 is 10.0 Å². The maximum atomic E-state index is 12.8. The summed E-state index contributed by atoms with van der Waals surface area (Å²) in [5.41, 5.74) is 0.752. The highest BCUT2D eigenvalue weighted by Gasteiger charge is 2.25. The van der Waals surface area contributed by atoms with Crippen molar-refractivity contribution in [3.63, 3.8) is 0 Å². The molecule has 2 N–H and O–H groups in total. The van der Waals surface area contributed by atoms with Gasteiger partial charge in [-0.25, -0.2) is 8.42 Å². The Morgan fingerprint density at radius 2 is 1.61 bits per heavy atom. The lowest BCUT2D eigenvalue weighted by atomic mass is 9.87. The van der Waals surface area contributed by atoms with E-state index >= 15 is 0 Å². The average molecular weight is 408 g/mol. The van der Waals surface area contributed by atoms with Crippen LogP contribution in [0, 0.1) is 5.92 Å². The lowest BCUT2D eigenvalue weighted by Crippen LogP contribution is -2.40. The van der Waals surface area contributed by atoms with Crippen LogP contribution in [0.15, 0.2) is 29.2 Å². The number of hydrogen-bond donors (Lipinski definition) is 2. The van der Waals surface area contributed by atoms with Gasteiger partial charge < -0.3 is 10.6 Å². The Bertz CT molecular complexity index is 733. The molecule has 0 unspecified atom stereocenters. The van der Waals surface area contributed by atoms with Gasteiger partial charge in [0.1, 0.15) is 0 Å². The largest absolute Gasteiger partial charge is 0.376 e. The fourth-order valence-electron chi connectivity index (χ4n) is 4.04. The van der Waals surface area contributed by atoms with Crippen LogP contribution in [0.2, 0.25) is 0 Å². The van der Waals surface area contributed by atoms with Gasteiger partial charge in [0.15, 0.2) is 0 Å². The Kier molecular flexibility index (Phi) is 7.35. The van der Waals surface area contributed by atoms with Crippen molar-refractivity contribution in [3.05, 3.63) is 24.3 Å². The third-order valence-electron chi connectivity index (χ3n) is 5.89. The second kappa shape index (κ2) is 9.74. The Labute approximate surface area is 169 Å². The van der Waals surface area contributed by atoms with Crippen LogP contribution >= 0.6 is 0 Å². The molecule has 0 aromatic heterocycles. The van der Waals surface area contributed by atoms with Crippen molar-refractivity contribution in [3.8, 4) is 0 Å². The first-order valence-electron chi connectivity index (χ1n) is 10.6. The number of rotatable bonds is 6. The van der Waals surface area contributed by atoms with Crippen LogP contribution in [-0.4, -0.2) is 44.3 Å². The molecule has 0 radical (unpaired) electrons. The Morgan fingerprint density at radius 3 is 2.21 bits per heavy atom. The fourth-order valence-corrected chi connectivity index (χ4v) is 5.56. The highest BCUT2D eigenvalue weighted by molar-refractivity contribution is 7.89.